The van der Waals surface area contributed by atoms with Gasteiger partial charge in [0.2, 0.25) is 0 Å². The zero-order valence-electron chi connectivity index (χ0n) is 15.3. The molecule has 2 rings (SSSR count). The zero-order valence-corrected chi connectivity index (χ0v) is 15.3. The summed E-state index contributed by atoms with van der Waals surface area (Å²) < 4.78 is 0. The fourth-order valence-electron chi connectivity index (χ4n) is 4.73. The molecule has 0 bridgehead atoms. The second kappa shape index (κ2) is 7.49. The first kappa shape index (κ1) is 17.3. The van der Waals surface area contributed by atoms with Crippen molar-refractivity contribution in [2.45, 2.75) is 92.0 Å². The first-order valence-electron chi connectivity index (χ1n) is 9.66. The Labute approximate surface area is 133 Å². The predicted molar refractivity (Wildman–Crippen MR) is 93.5 cm³/mol. The highest BCUT2D eigenvalue weighted by atomic mass is 14.9. The van der Waals surface area contributed by atoms with Gasteiger partial charge in [0.1, 0.15) is 0 Å². The molecule has 1 nitrogen and oxygen atoms in total. The van der Waals surface area contributed by atoms with Crippen LogP contribution in [0, 0.1) is 29.1 Å². The minimum atomic E-state index is 0.597. The van der Waals surface area contributed by atoms with Crippen LogP contribution in [0.5, 0.6) is 0 Å². The average Bonchev–Trinajstić information content (AvgIpc) is 2.44. The Morgan fingerprint density at radius 3 is 2.19 bits per heavy atom. The smallest absolute Gasteiger partial charge is 0.0124 e. The Hall–Kier alpha value is -0.0400. The van der Waals surface area contributed by atoms with E-state index < -0.39 is 0 Å². The molecule has 0 aromatic heterocycles. The SMILES string of the molecule is CCCNC(C1CCC(C)(C)CC1)C1CCC(C)C(C)C1. The molecule has 0 spiro atoms. The van der Waals surface area contributed by atoms with Gasteiger partial charge in [0, 0.05) is 6.04 Å². The summed E-state index contributed by atoms with van der Waals surface area (Å²) in [4.78, 5) is 0. The molecule has 2 aliphatic rings. The van der Waals surface area contributed by atoms with Crippen LogP contribution in [0.3, 0.4) is 0 Å². The molecular formula is C20H39N. The molecule has 0 heterocycles. The lowest BCUT2D eigenvalue weighted by Crippen LogP contribution is -2.46. The molecule has 4 unspecified atom stereocenters. The molecule has 0 aromatic rings. The van der Waals surface area contributed by atoms with E-state index in [9.17, 15) is 0 Å². The van der Waals surface area contributed by atoms with Crippen molar-refractivity contribution in [1.82, 2.24) is 5.32 Å². The molecule has 1 N–H and O–H groups in total. The molecular weight excluding hydrogens is 254 g/mol. The maximum Gasteiger partial charge on any atom is 0.0124 e. The highest BCUT2D eigenvalue weighted by Crippen LogP contribution is 2.43. The van der Waals surface area contributed by atoms with Crippen LogP contribution in [0.25, 0.3) is 0 Å². The lowest BCUT2D eigenvalue weighted by Gasteiger charge is -2.44. The number of nitrogens with one attached hydrogen (secondary N) is 1. The van der Waals surface area contributed by atoms with Crippen molar-refractivity contribution in [3.8, 4) is 0 Å². The third-order valence-corrected chi connectivity index (χ3v) is 6.67. The van der Waals surface area contributed by atoms with E-state index in [1.165, 1.54) is 57.9 Å². The van der Waals surface area contributed by atoms with E-state index in [0.717, 1.165) is 29.7 Å². The minimum Gasteiger partial charge on any atom is -0.313 e. The highest BCUT2D eigenvalue weighted by Gasteiger charge is 2.37. The summed E-state index contributed by atoms with van der Waals surface area (Å²) >= 11 is 0. The standard InChI is InChI=1S/C20H39N/c1-6-13-21-19(17-9-11-20(4,5)12-10-17)18-8-7-15(2)16(3)14-18/h15-19,21H,6-14H2,1-5H3. The summed E-state index contributed by atoms with van der Waals surface area (Å²) in [5.41, 5.74) is 0.597. The Bertz CT molecular complexity index is 299. The summed E-state index contributed by atoms with van der Waals surface area (Å²) in [5, 5.41) is 3.97. The third kappa shape index (κ3) is 4.71. The van der Waals surface area contributed by atoms with E-state index in [2.05, 4.69) is 39.9 Å². The quantitative estimate of drug-likeness (QED) is 0.691. The molecule has 21 heavy (non-hydrogen) atoms. The summed E-state index contributed by atoms with van der Waals surface area (Å²) in [7, 11) is 0. The van der Waals surface area contributed by atoms with Gasteiger partial charge in [-0.3, -0.25) is 0 Å². The summed E-state index contributed by atoms with van der Waals surface area (Å²) in [6.45, 7) is 13.4. The van der Waals surface area contributed by atoms with Gasteiger partial charge in [0.05, 0.1) is 0 Å². The maximum atomic E-state index is 3.97. The molecule has 2 saturated carbocycles. The minimum absolute atomic E-state index is 0.597. The van der Waals surface area contributed by atoms with Crippen molar-refractivity contribution in [1.29, 1.82) is 0 Å². The number of hydrogen-bond donors (Lipinski definition) is 1. The lowest BCUT2D eigenvalue weighted by atomic mass is 9.65. The van der Waals surface area contributed by atoms with E-state index >= 15 is 0 Å². The van der Waals surface area contributed by atoms with Gasteiger partial charge < -0.3 is 5.32 Å². The Morgan fingerprint density at radius 2 is 1.62 bits per heavy atom. The van der Waals surface area contributed by atoms with E-state index in [0.29, 0.717) is 5.41 Å². The average molecular weight is 294 g/mol. The third-order valence-electron chi connectivity index (χ3n) is 6.67. The predicted octanol–water partition coefficient (Wildman–Crippen LogP) is 5.64. The fourth-order valence-corrected chi connectivity index (χ4v) is 4.73. The molecule has 0 aliphatic heterocycles. The summed E-state index contributed by atoms with van der Waals surface area (Å²) in [6, 6.07) is 0.802. The van der Waals surface area contributed by atoms with Gasteiger partial charge in [-0.05, 0) is 80.6 Å². The van der Waals surface area contributed by atoms with E-state index in [-0.39, 0.29) is 0 Å². The van der Waals surface area contributed by atoms with E-state index in [1.54, 1.807) is 0 Å². The zero-order chi connectivity index (χ0) is 15.5. The Kier molecular flexibility index (Phi) is 6.17. The summed E-state index contributed by atoms with van der Waals surface area (Å²) in [6.07, 6.45) is 11.4. The molecule has 0 radical (unpaired) electrons. The Balaban J connectivity index is 1.97. The van der Waals surface area contributed by atoms with Gasteiger partial charge in [-0.15, -0.1) is 0 Å². The molecule has 1 heteroatoms. The molecule has 124 valence electrons. The monoisotopic (exact) mass is 293 g/mol. The fraction of sp³-hybridized carbons (Fsp3) is 1.00. The van der Waals surface area contributed by atoms with Gasteiger partial charge in [0.25, 0.3) is 0 Å². The molecule has 2 aliphatic carbocycles. The van der Waals surface area contributed by atoms with Crippen molar-refractivity contribution in [2.24, 2.45) is 29.1 Å². The second-order valence-corrected chi connectivity index (χ2v) is 9.01. The highest BCUT2D eigenvalue weighted by molar-refractivity contribution is 4.91. The first-order valence-corrected chi connectivity index (χ1v) is 9.66. The maximum absolute atomic E-state index is 3.97. The lowest BCUT2D eigenvalue weighted by molar-refractivity contribution is 0.0968. The van der Waals surface area contributed by atoms with Crippen LogP contribution >= 0.6 is 0 Å². The van der Waals surface area contributed by atoms with Crippen LogP contribution in [-0.2, 0) is 0 Å². The molecule has 2 fully saturated rings. The van der Waals surface area contributed by atoms with E-state index in [4.69, 9.17) is 0 Å². The topological polar surface area (TPSA) is 12.0 Å². The van der Waals surface area contributed by atoms with Gasteiger partial charge in [-0.1, -0.05) is 41.0 Å². The molecule has 0 saturated heterocycles. The number of hydrogen-bond acceptors (Lipinski definition) is 1. The molecule has 4 atom stereocenters. The van der Waals surface area contributed by atoms with Crippen LogP contribution in [-0.4, -0.2) is 12.6 Å². The van der Waals surface area contributed by atoms with Crippen LogP contribution in [0.4, 0.5) is 0 Å². The van der Waals surface area contributed by atoms with Crippen molar-refractivity contribution in [3.63, 3.8) is 0 Å². The van der Waals surface area contributed by atoms with E-state index in [1.807, 2.05) is 0 Å². The van der Waals surface area contributed by atoms with Crippen LogP contribution < -0.4 is 5.32 Å². The van der Waals surface area contributed by atoms with Crippen LogP contribution in [0.1, 0.15) is 86.0 Å². The van der Waals surface area contributed by atoms with Gasteiger partial charge in [-0.25, -0.2) is 0 Å². The summed E-state index contributed by atoms with van der Waals surface area (Å²) in [5.74, 6) is 3.75. The normalized spacial score (nSPS) is 35.6. The van der Waals surface area contributed by atoms with Crippen molar-refractivity contribution in [2.75, 3.05) is 6.54 Å². The van der Waals surface area contributed by atoms with Crippen molar-refractivity contribution < 1.29 is 0 Å². The van der Waals surface area contributed by atoms with Gasteiger partial charge in [-0.2, -0.15) is 0 Å². The largest absolute Gasteiger partial charge is 0.313 e. The van der Waals surface area contributed by atoms with Crippen molar-refractivity contribution >= 4 is 0 Å². The Morgan fingerprint density at radius 1 is 0.952 bits per heavy atom. The van der Waals surface area contributed by atoms with Gasteiger partial charge >= 0.3 is 0 Å². The number of rotatable bonds is 5. The first-order chi connectivity index (χ1) is 9.93. The van der Waals surface area contributed by atoms with Crippen molar-refractivity contribution in [3.05, 3.63) is 0 Å². The van der Waals surface area contributed by atoms with Gasteiger partial charge in [0.15, 0.2) is 0 Å². The molecule has 0 amide bonds. The second-order valence-electron chi connectivity index (χ2n) is 9.01. The van der Waals surface area contributed by atoms with Crippen LogP contribution in [0.15, 0.2) is 0 Å². The van der Waals surface area contributed by atoms with Crippen LogP contribution in [0.2, 0.25) is 0 Å². The molecule has 0 aromatic carbocycles.